The molecule has 0 aliphatic rings. The molecule has 0 atom stereocenters. The van der Waals surface area contributed by atoms with Crippen LogP contribution in [-0.4, -0.2) is 28.4 Å². The smallest absolute Gasteiger partial charge is 0.356 e. The number of methoxy groups -OCH3 is 1. The first-order valence-electron chi connectivity index (χ1n) is 5.28. The quantitative estimate of drug-likeness (QED) is 0.899. The topological polar surface area (TPSA) is 84.3 Å². The van der Waals surface area contributed by atoms with E-state index in [0.29, 0.717) is 5.82 Å². The zero-order valence-electron chi connectivity index (χ0n) is 9.92. The van der Waals surface area contributed by atoms with E-state index < -0.39 is 5.97 Å². The Morgan fingerprint density at radius 3 is 2.63 bits per heavy atom. The summed E-state index contributed by atoms with van der Waals surface area (Å²) in [6.07, 6.45) is 0. The highest BCUT2D eigenvalue weighted by molar-refractivity contribution is 9.10. The molecule has 0 unspecified atom stereocenters. The fourth-order valence-electron chi connectivity index (χ4n) is 1.41. The minimum absolute atomic E-state index is 0.0959. The van der Waals surface area contributed by atoms with Crippen molar-refractivity contribution in [2.45, 2.75) is 0 Å². The largest absolute Gasteiger partial charge is 0.496 e. The number of halogens is 1. The van der Waals surface area contributed by atoms with Gasteiger partial charge >= 0.3 is 5.97 Å². The van der Waals surface area contributed by atoms with Crippen LogP contribution in [0, 0.1) is 0 Å². The number of nitrogens with zero attached hydrogens (tertiary/aromatic N) is 2. The summed E-state index contributed by atoms with van der Waals surface area (Å²) in [5, 5.41) is 19.1. The lowest BCUT2D eigenvalue weighted by Gasteiger charge is -2.08. The summed E-state index contributed by atoms with van der Waals surface area (Å²) in [6, 6.07) is 8.37. The number of anilines is 2. The molecule has 0 radical (unpaired) electrons. The van der Waals surface area contributed by atoms with E-state index >= 15 is 0 Å². The molecular weight excluding hydrogens is 314 g/mol. The first kappa shape index (κ1) is 13.3. The molecule has 0 bridgehead atoms. The van der Waals surface area contributed by atoms with E-state index in [1.165, 1.54) is 6.07 Å². The van der Waals surface area contributed by atoms with Crippen molar-refractivity contribution in [3.63, 3.8) is 0 Å². The van der Waals surface area contributed by atoms with Gasteiger partial charge in [-0.3, -0.25) is 0 Å². The molecule has 1 aromatic heterocycles. The standard InChI is InChI=1S/C12H10BrN3O3/c1-19-10-4-2-7(6-8(10)13)14-11-5-3-9(12(17)18)15-16-11/h2-6H,1H3,(H,14,16)(H,17,18). The van der Waals surface area contributed by atoms with Crippen LogP contribution in [0.3, 0.4) is 0 Å². The maximum atomic E-state index is 10.6. The van der Waals surface area contributed by atoms with Crippen LogP contribution in [0.5, 0.6) is 5.75 Å². The summed E-state index contributed by atoms with van der Waals surface area (Å²) in [7, 11) is 1.59. The molecule has 1 heterocycles. The van der Waals surface area contributed by atoms with Gasteiger partial charge in [0.2, 0.25) is 0 Å². The van der Waals surface area contributed by atoms with Gasteiger partial charge in [-0.1, -0.05) is 0 Å². The molecular formula is C12H10BrN3O3. The Bertz CT molecular complexity index is 602. The van der Waals surface area contributed by atoms with Crippen molar-refractivity contribution < 1.29 is 14.6 Å². The number of aromatic nitrogens is 2. The van der Waals surface area contributed by atoms with Crippen molar-refractivity contribution in [3.8, 4) is 5.75 Å². The lowest BCUT2D eigenvalue weighted by molar-refractivity contribution is 0.0689. The molecule has 0 aliphatic heterocycles. The molecule has 2 rings (SSSR count). The van der Waals surface area contributed by atoms with E-state index in [4.69, 9.17) is 9.84 Å². The Morgan fingerprint density at radius 1 is 1.32 bits per heavy atom. The number of hydrogen-bond acceptors (Lipinski definition) is 5. The van der Waals surface area contributed by atoms with Crippen molar-refractivity contribution in [1.29, 1.82) is 0 Å². The maximum Gasteiger partial charge on any atom is 0.356 e. The van der Waals surface area contributed by atoms with Gasteiger partial charge in [0.25, 0.3) is 0 Å². The monoisotopic (exact) mass is 323 g/mol. The summed E-state index contributed by atoms with van der Waals surface area (Å²) in [6.45, 7) is 0. The van der Waals surface area contributed by atoms with E-state index in [2.05, 4.69) is 31.4 Å². The van der Waals surface area contributed by atoms with Gasteiger partial charge in [0, 0.05) is 5.69 Å². The highest BCUT2D eigenvalue weighted by Gasteiger charge is 2.06. The molecule has 6 nitrogen and oxygen atoms in total. The Balaban J connectivity index is 2.16. The molecule has 7 heteroatoms. The number of benzene rings is 1. The average Bonchev–Trinajstić information content (AvgIpc) is 2.39. The van der Waals surface area contributed by atoms with Crippen molar-refractivity contribution in [1.82, 2.24) is 10.2 Å². The minimum Gasteiger partial charge on any atom is -0.496 e. The number of rotatable bonds is 4. The third kappa shape index (κ3) is 3.19. The predicted octanol–water partition coefficient (Wildman–Crippen LogP) is 2.69. The third-order valence-corrected chi connectivity index (χ3v) is 2.93. The fourth-order valence-corrected chi connectivity index (χ4v) is 1.95. The van der Waals surface area contributed by atoms with Crippen molar-refractivity contribution in [2.75, 3.05) is 12.4 Å². The molecule has 19 heavy (non-hydrogen) atoms. The first-order valence-corrected chi connectivity index (χ1v) is 6.07. The Labute approximate surface area is 117 Å². The average molecular weight is 324 g/mol. The second-order valence-corrected chi connectivity index (χ2v) is 4.44. The van der Waals surface area contributed by atoms with Gasteiger partial charge in [-0.25, -0.2) is 4.79 Å². The molecule has 2 N–H and O–H groups in total. The van der Waals surface area contributed by atoms with Crippen molar-refractivity contribution in [2.24, 2.45) is 0 Å². The Hall–Kier alpha value is -2.15. The highest BCUT2D eigenvalue weighted by atomic mass is 79.9. The van der Waals surface area contributed by atoms with E-state index in [9.17, 15) is 4.79 Å². The molecule has 0 saturated heterocycles. The van der Waals surface area contributed by atoms with E-state index in [0.717, 1.165) is 15.9 Å². The molecule has 0 spiro atoms. The maximum absolute atomic E-state index is 10.6. The lowest BCUT2D eigenvalue weighted by Crippen LogP contribution is -2.03. The van der Waals surface area contributed by atoms with Crippen LogP contribution in [0.25, 0.3) is 0 Å². The van der Waals surface area contributed by atoms with Crippen molar-refractivity contribution >= 4 is 33.4 Å². The molecule has 0 aliphatic carbocycles. The molecule has 1 aromatic carbocycles. The van der Waals surface area contributed by atoms with Gasteiger partial charge in [0.05, 0.1) is 11.6 Å². The second kappa shape index (κ2) is 5.66. The number of carboxylic acids is 1. The second-order valence-electron chi connectivity index (χ2n) is 3.58. The zero-order valence-corrected chi connectivity index (χ0v) is 11.5. The van der Waals surface area contributed by atoms with Gasteiger partial charge in [-0.2, -0.15) is 0 Å². The number of ether oxygens (including phenoxy) is 1. The zero-order chi connectivity index (χ0) is 13.8. The minimum atomic E-state index is -1.11. The van der Waals surface area contributed by atoms with Crippen LogP contribution in [0.1, 0.15) is 10.5 Å². The number of aromatic carboxylic acids is 1. The van der Waals surface area contributed by atoms with Gasteiger partial charge in [0.15, 0.2) is 11.5 Å². The molecule has 0 fully saturated rings. The molecule has 0 amide bonds. The molecule has 2 aromatic rings. The molecule has 0 saturated carbocycles. The summed E-state index contributed by atoms with van der Waals surface area (Å²) >= 11 is 3.37. The molecule has 98 valence electrons. The lowest BCUT2D eigenvalue weighted by atomic mass is 10.3. The van der Waals surface area contributed by atoms with Crippen LogP contribution in [-0.2, 0) is 0 Å². The fraction of sp³-hybridized carbons (Fsp3) is 0.0833. The van der Waals surface area contributed by atoms with E-state index in [1.807, 2.05) is 12.1 Å². The number of hydrogen-bond donors (Lipinski definition) is 2. The predicted molar refractivity (Wildman–Crippen MR) is 73.0 cm³/mol. The Kier molecular flexibility index (Phi) is 3.96. The van der Waals surface area contributed by atoms with E-state index in [-0.39, 0.29) is 5.69 Å². The number of carboxylic acid groups (broad SMARTS) is 1. The van der Waals surface area contributed by atoms with E-state index in [1.54, 1.807) is 19.2 Å². The van der Waals surface area contributed by atoms with Crippen LogP contribution in [0.2, 0.25) is 0 Å². The summed E-state index contributed by atoms with van der Waals surface area (Å²) in [4.78, 5) is 10.6. The summed E-state index contributed by atoms with van der Waals surface area (Å²) < 4.78 is 5.93. The van der Waals surface area contributed by atoms with Gasteiger partial charge < -0.3 is 15.2 Å². The normalized spacial score (nSPS) is 10.0. The van der Waals surface area contributed by atoms with Crippen LogP contribution < -0.4 is 10.1 Å². The van der Waals surface area contributed by atoms with Gasteiger partial charge in [-0.15, -0.1) is 10.2 Å². The van der Waals surface area contributed by atoms with Gasteiger partial charge in [0.1, 0.15) is 5.75 Å². The third-order valence-electron chi connectivity index (χ3n) is 2.31. The highest BCUT2D eigenvalue weighted by Crippen LogP contribution is 2.28. The van der Waals surface area contributed by atoms with Gasteiger partial charge in [-0.05, 0) is 46.3 Å². The van der Waals surface area contributed by atoms with Crippen molar-refractivity contribution in [3.05, 3.63) is 40.5 Å². The first-order chi connectivity index (χ1) is 9.10. The summed E-state index contributed by atoms with van der Waals surface area (Å²) in [5.74, 6) is 0.0752. The van der Waals surface area contributed by atoms with Crippen LogP contribution in [0.15, 0.2) is 34.8 Å². The number of carbonyl (C=O) groups is 1. The number of nitrogens with one attached hydrogen (secondary N) is 1. The SMILES string of the molecule is COc1ccc(Nc2ccc(C(=O)O)nn2)cc1Br. The van der Waals surface area contributed by atoms with Crippen LogP contribution in [0.4, 0.5) is 11.5 Å². The summed E-state index contributed by atoms with van der Waals surface area (Å²) in [5.41, 5.74) is 0.687. The van der Waals surface area contributed by atoms with Crippen LogP contribution >= 0.6 is 15.9 Å². The Morgan fingerprint density at radius 2 is 2.11 bits per heavy atom.